The van der Waals surface area contributed by atoms with Gasteiger partial charge in [0.05, 0.1) is 33.6 Å². The lowest BCUT2D eigenvalue weighted by Gasteiger charge is -2.14. The van der Waals surface area contributed by atoms with E-state index in [1.54, 1.807) is 31.2 Å². The molecule has 5 heteroatoms. The molecule has 0 aliphatic rings. The van der Waals surface area contributed by atoms with Crippen molar-refractivity contribution in [3.05, 3.63) is 57.6 Å². The average Bonchev–Trinajstić information content (AvgIpc) is 2.48. The maximum Gasteiger partial charge on any atom is 0.340 e. The normalized spacial score (nSPS) is 10.3. The van der Waals surface area contributed by atoms with Gasteiger partial charge in [0.1, 0.15) is 0 Å². The highest BCUT2D eigenvalue weighted by atomic mass is 35.5. The number of anilines is 2. The number of hydrogen-bond donors (Lipinski definition) is 1. The minimum absolute atomic E-state index is 0.319. The van der Waals surface area contributed by atoms with Gasteiger partial charge in [-0.1, -0.05) is 41.4 Å². The monoisotopic (exact) mass is 323 g/mol. The summed E-state index contributed by atoms with van der Waals surface area (Å²) in [5.74, 6) is -0.388. The third kappa shape index (κ3) is 3.49. The van der Waals surface area contributed by atoms with E-state index in [2.05, 4.69) is 5.32 Å². The quantitative estimate of drug-likeness (QED) is 0.783. The second-order valence-corrected chi connectivity index (χ2v) is 5.23. The molecule has 0 aromatic heterocycles. The fraction of sp³-hybridized carbons (Fsp3) is 0.188. The molecule has 0 heterocycles. The van der Waals surface area contributed by atoms with E-state index in [1.165, 1.54) is 0 Å². The SMILES string of the molecule is CCOC(=O)c1ccccc1Nc1c(Cl)ccc(C)c1Cl. The second-order valence-electron chi connectivity index (χ2n) is 4.44. The molecule has 0 aliphatic heterocycles. The molecule has 1 N–H and O–H groups in total. The Morgan fingerprint density at radius 2 is 1.90 bits per heavy atom. The largest absolute Gasteiger partial charge is 0.462 e. The molecular weight excluding hydrogens is 309 g/mol. The lowest BCUT2D eigenvalue weighted by Crippen LogP contribution is -2.08. The summed E-state index contributed by atoms with van der Waals surface area (Å²) in [5.41, 5.74) is 2.52. The third-order valence-corrected chi connectivity index (χ3v) is 3.77. The van der Waals surface area contributed by atoms with Gasteiger partial charge in [-0.25, -0.2) is 4.79 Å². The van der Waals surface area contributed by atoms with Crippen LogP contribution in [0.1, 0.15) is 22.8 Å². The number of nitrogens with one attached hydrogen (secondary N) is 1. The number of hydrogen-bond acceptors (Lipinski definition) is 3. The van der Waals surface area contributed by atoms with Crippen LogP contribution in [-0.2, 0) is 4.74 Å². The molecule has 0 amide bonds. The van der Waals surface area contributed by atoms with Crippen LogP contribution in [0.15, 0.2) is 36.4 Å². The molecule has 3 nitrogen and oxygen atoms in total. The molecular formula is C16H15Cl2NO2. The van der Waals surface area contributed by atoms with Crippen molar-refractivity contribution in [2.45, 2.75) is 13.8 Å². The molecule has 110 valence electrons. The van der Waals surface area contributed by atoms with Gasteiger partial charge in [-0.3, -0.25) is 0 Å². The number of halogens is 2. The minimum atomic E-state index is -0.388. The molecule has 0 unspecified atom stereocenters. The summed E-state index contributed by atoms with van der Waals surface area (Å²) in [6, 6.07) is 10.7. The first-order chi connectivity index (χ1) is 10.0. The molecule has 0 atom stereocenters. The number of carbonyl (C=O) groups excluding carboxylic acids is 1. The van der Waals surface area contributed by atoms with E-state index < -0.39 is 0 Å². The van der Waals surface area contributed by atoms with Gasteiger partial charge in [-0.05, 0) is 37.6 Å². The van der Waals surface area contributed by atoms with Gasteiger partial charge in [0.25, 0.3) is 0 Å². The van der Waals surface area contributed by atoms with Crippen LogP contribution in [0.4, 0.5) is 11.4 Å². The van der Waals surface area contributed by atoms with Crippen LogP contribution in [0.2, 0.25) is 10.0 Å². The van der Waals surface area contributed by atoms with Crippen molar-refractivity contribution in [1.82, 2.24) is 0 Å². The predicted octanol–water partition coefficient (Wildman–Crippen LogP) is 5.22. The van der Waals surface area contributed by atoms with Gasteiger partial charge in [-0.2, -0.15) is 0 Å². The van der Waals surface area contributed by atoms with Crippen LogP contribution in [0.3, 0.4) is 0 Å². The van der Waals surface area contributed by atoms with Gasteiger partial charge in [0.2, 0.25) is 0 Å². The van der Waals surface area contributed by atoms with Crippen molar-refractivity contribution in [2.75, 3.05) is 11.9 Å². The highest BCUT2D eigenvalue weighted by Crippen LogP contribution is 2.35. The maximum atomic E-state index is 12.0. The Bertz CT molecular complexity index is 671. The topological polar surface area (TPSA) is 38.3 Å². The van der Waals surface area contributed by atoms with Crippen LogP contribution >= 0.6 is 23.2 Å². The number of ether oxygens (including phenoxy) is 1. The number of rotatable bonds is 4. The maximum absolute atomic E-state index is 12.0. The fourth-order valence-electron chi connectivity index (χ4n) is 1.88. The summed E-state index contributed by atoms with van der Waals surface area (Å²) in [5, 5.41) is 4.14. The van der Waals surface area contributed by atoms with E-state index in [9.17, 15) is 4.79 Å². The Kier molecular flexibility index (Phi) is 5.10. The molecule has 21 heavy (non-hydrogen) atoms. The highest BCUT2D eigenvalue weighted by Gasteiger charge is 2.15. The van der Waals surface area contributed by atoms with Crippen molar-refractivity contribution in [3.63, 3.8) is 0 Å². The summed E-state index contributed by atoms with van der Waals surface area (Å²) >= 11 is 12.5. The van der Waals surface area contributed by atoms with Crippen LogP contribution in [0.25, 0.3) is 0 Å². The van der Waals surface area contributed by atoms with Gasteiger partial charge >= 0.3 is 5.97 Å². The molecule has 0 aliphatic carbocycles. The first-order valence-corrected chi connectivity index (χ1v) is 7.28. The first-order valence-electron chi connectivity index (χ1n) is 6.52. The summed E-state index contributed by atoms with van der Waals surface area (Å²) in [6.07, 6.45) is 0. The van der Waals surface area contributed by atoms with Crippen LogP contribution in [0.5, 0.6) is 0 Å². The van der Waals surface area contributed by atoms with Crippen molar-refractivity contribution in [1.29, 1.82) is 0 Å². The smallest absolute Gasteiger partial charge is 0.340 e. The molecule has 2 aromatic rings. The van der Waals surface area contributed by atoms with Gasteiger partial charge in [0, 0.05) is 0 Å². The van der Waals surface area contributed by atoms with Crippen molar-refractivity contribution < 1.29 is 9.53 Å². The van der Waals surface area contributed by atoms with Gasteiger partial charge in [0.15, 0.2) is 0 Å². The molecule has 2 rings (SSSR count). The Morgan fingerprint density at radius 3 is 2.62 bits per heavy atom. The predicted molar refractivity (Wildman–Crippen MR) is 86.9 cm³/mol. The van der Waals surface area contributed by atoms with E-state index in [-0.39, 0.29) is 5.97 Å². The van der Waals surface area contributed by atoms with Gasteiger partial charge in [-0.15, -0.1) is 0 Å². The summed E-state index contributed by atoms with van der Waals surface area (Å²) < 4.78 is 5.05. The number of carbonyl (C=O) groups is 1. The molecule has 0 bridgehead atoms. The molecule has 0 spiro atoms. The number of esters is 1. The molecule has 0 saturated carbocycles. The zero-order chi connectivity index (χ0) is 15.4. The minimum Gasteiger partial charge on any atom is -0.462 e. The van der Waals surface area contributed by atoms with E-state index in [4.69, 9.17) is 27.9 Å². The molecule has 0 saturated heterocycles. The fourth-order valence-corrected chi connectivity index (χ4v) is 2.35. The van der Waals surface area contributed by atoms with Crippen molar-refractivity contribution in [3.8, 4) is 0 Å². The number of aryl methyl sites for hydroxylation is 1. The van der Waals surface area contributed by atoms with Crippen molar-refractivity contribution in [2.24, 2.45) is 0 Å². The van der Waals surface area contributed by atoms with Gasteiger partial charge < -0.3 is 10.1 Å². The average molecular weight is 324 g/mol. The Balaban J connectivity index is 2.41. The third-order valence-electron chi connectivity index (χ3n) is 2.97. The summed E-state index contributed by atoms with van der Waals surface area (Å²) in [4.78, 5) is 12.0. The van der Waals surface area contributed by atoms with E-state index in [0.717, 1.165) is 5.56 Å². The molecule has 2 aromatic carbocycles. The van der Waals surface area contributed by atoms with Crippen LogP contribution in [0, 0.1) is 6.92 Å². The highest BCUT2D eigenvalue weighted by molar-refractivity contribution is 6.39. The van der Waals surface area contributed by atoms with E-state index in [1.807, 2.05) is 19.1 Å². The van der Waals surface area contributed by atoms with E-state index >= 15 is 0 Å². The number of para-hydroxylation sites is 1. The zero-order valence-electron chi connectivity index (χ0n) is 11.7. The Morgan fingerprint density at radius 1 is 1.19 bits per heavy atom. The molecule has 0 fully saturated rings. The van der Waals surface area contributed by atoms with Crippen LogP contribution < -0.4 is 5.32 Å². The first kappa shape index (κ1) is 15.7. The Labute approximate surface area is 133 Å². The summed E-state index contributed by atoms with van der Waals surface area (Å²) in [7, 11) is 0. The standard InChI is InChI=1S/C16H15Cl2NO2/c1-3-21-16(20)11-6-4-5-7-13(11)19-15-12(17)9-8-10(2)14(15)18/h4-9,19H,3H2,1-2H3. The summed E-state index contributed by atoms with van der Waals surface area (Å²) in [6.45, 7) is 3.97. The number of benzene rings is 2. The molecule has 0 radical (unpaired) electrons. The van der Waals surface area contributed by atoms with E-state index in [0.29, 0.717) is 33.6 Å². The zero-order valence-corrected chi connectivity index (χ0v) is 13.3. The second kappa shape index (κ2) is 6.83. The Hall–Kier alpha value is -1.71. The lowest BCUT2D eigenvalue weighted by atomic mass is 10.1. The van der Waals surface area contributed by atoms with Crippen molar-refractivity contribution >= 4 is 40.5 Å². The lowest BCUT2D eigenvalue weighted by molar-refractivity contribution is 0.0527. The van der Waals surface area contributed by atoms with Crippen LogP contribution in [-0.4, -0.2) is 12.6 Å².